The maximum atomic E-state index is 13.8. The fourth-order valence-corrected chi connectivity index (χ4v) is 8.83. The molecule has 3 aromatic carbocycles. The zero-order chi connectivity index (χ0) is 41.6. The van der Waals surface area contributed by atoms with E-state index in [1.54, 1.807) is 6.20 Å². The number of benzene rings is 3. The standard InChI is InChI=1S/C48H56F4N4O2/c1-45(2,3)37(27-41(57)33-17-21-47(49,50)22-18-33)43-53-28-40(55-43)32-13-11-30(12-14-32)29-7-9-31(10-8-29)35-15-16-38-36(25-35)26-39(54-38)42(46(4,5)6)56-44(58)34-19-23-48(51,52)24-20-34/h7-16,25,28,33-34,37,42H,17-24,26-27H2,1-6H3,(H,53,55)(H,56,58)/t37-,42-/m1/s1. The van der Waals surface area contributed by atoms with E-state index in [2.05, 4.69) is 113 Å². The highest BCUT2D eigenvalue weighted by molar-refractivity contribution is 6.01. The Kier molecular flexibility index (Phi) is 11.4. The Hall–Kier alpha value is -4.60. The van der Waals surface area contributed by atoms with Crippen molar-refractivity contribution in [1.82, 2.24) is 15.3 Å². The van der Waals surface area contributed by atoms with E-state index in [1.807, 2.05) is 6.07 Å². The van der Waals surface area contributed by atoms with Crippen molar-refractivity contribution in [3.05, 3.63) is 84.3 Å². The quantitative estimate of drug-likeness (QED) is 0.157. The van der Waals surface area contributed by atoms with Gasteiger partial charge in [0, 0.05) is 62.0 Å². The molecule has 7 rings (SSSR count). The van der Waals surface area contributed by atoms with Gasteiger partial charge in [0.25, 0.3) is 0 Å². The molecule has 3 aliphatic rings. The Morgan fingerprint density at radius 1 is 0.724 bits per heavy atom. The molecule has 6 nitrogen and oxygen atoms in total. The summed E-state index contributed by atoms with van der Waals surface area (Å²) in [5.74, 6) is -5.61. The number of carbonyl (C=O) groups excluding carboxylic acids is 2. The molecule has 2 aliphatic carbocycles. The largest absolute Gasteiger partial charge is 0.347 e. The first-order valence-corrected chi connectivity index (χ1v) is 20.8. The van der Waals surface area contributed by atoms with Crippen molar-refractivity contribution in [2.24, 2.45) is 27.7 Å². The lowest BCUT2D eigenvalue weighted by Crippen LogP contribution is -2.51. The van der Waals surface area contributed by atoms with Crippen LogP contribution in [0.15, 0.2) is 77.9 Å². The molecule has 0 spiro atoms. The van der Waals surface area contributed by atoms with Crippen LogP contribution in [0.25, 0.3) is 33.5 Å². The monoisotopic (exact) mass is 796 g/mol. The van der Waals surface area contributed by atoms with Gasteiger partial charge in [-0.05, 0) is 82.0 Å². The number of carbonyl (C=O) groups is 2. The third kappa shape index (κ3) is 9.47. The molecule has 0 unspecified atom stereocenters. The molecule has 0 bridgehead atoms. The number of alkyl halides is 4. The molecule has 58 heavy (non-hydrogen) atoms. The highest BCUT2D eigenvalue weighted by Gasteiger charge is 2.41. The summed E-state index contributed by atoms with van der Waals surface area (Å²) in [6.07, 6.45) is 2.63. The van der Waals surface area contributed by atoms with Gasteiger partial charge in [0.2, 0.25) is 17.8 Å². The Bertz CT molecular complexity index is 2140. The third-order valence-electron chi connectivity index (χ3n) is 12.6. The zero-order valence-electron chi connectivity index (χ0n) is 34.5. The average Bonchev–Trinajstić information content (AvgIpc) is 3.82. The number of aromatic nitrogens is 2. The van der Waals surface area contributed by atoms with Gasteiger partial charge < -0.3 is 10.3 Å². The number of rotatable bonds is 10. The number of aliphatic imine (C=N–C) groups is 1. The van der Waals surface area contributed by atoms with Gasteiger partial charge in [0.15, 0.2) is 0 Å². The van der Waals surface area contributed by atoms with Crippen LogP contribution in [0.1, 0.15) is 117 Å². The van der Waals surface area contributed by atoms with Crippen molar-refractivity contribution in [3.8, 4) is 33.5 Å². The van der Waals surface area contributed by atoms with Crippen molar-refractivity contribution in [3.63, 3.8) is 0 Å². The number of amides is 1. The summed E-state index contributed by atoms with van der Waals surface area (Å²) in [6, 6.07) is 22.7. The maximum absolute atomic E-state index is 13.8. The highest BCUT2D eigenvalue weighted by Crippen LogP contribution is 2.42. The Balaban J connectivity index is 0.989. The number of ketones is 1. The lowest BCUT2D eigenvalue weighted by atomic mass is 9.74. The number of H-pyrrole nitrogens is 1. The van der Waals surface area contributed by atoms with Crippen LogP contribution in [-0.2, 0) is 16.0 Å². The van der Waals surface area contributed by atoms with Crippen LogP contribution in [0.5, 0.6) is 0 Å². The molecule has 10 heteroatoms. The Morgan fingerprint density at radius 2 is 1.22 bits per heavy atom. The summed E-state index contributed by atoms with van der Waals surface area (Å²) in [7, 11) is 0. The van der Waals surface area contributed by atoms with Gasteiger partial charge in [-0.2, -0.15) is 0 Å². The second kappa shape index (κ2) is 15.9. The summed E-state index contributed by atoms with van der Waals surface area (Å²) in [5.41, 5.74) is 8.40. The van der Waals surface area contributed by atoms with Crippen LogP contribution >= 0.6 is 0 Å². The predicted molar refractivity (Wildman–Crippen MR) is 223 cm³/mol. The smallest absolute Gasteiger partial charge is 0.248 e. The van der Waals surface area contributed by atoms with E-state index in [9.17, 15) is 27.2 Å². The molecule has 0 radical (unpaired) electrons. The molecule has 2 saturated carbocycles. The van der Waals surface area contributed by atoms with Crippen molar-refractivity contribution < 1.29 is 27.2 Å². The van der Waals surface area contributed by atoms with Crippen LogP contribution in [0.2, 0.25) is 0 Å². The van der Waals surface area contributed by atoms with Gasteiger partial charge in [0.05, 0.1) is 23.6 Å². The number of hydrogen-bond donors (Lipinski definition) is 2. The van der Waals surface area contributed by atoms with Gasteiger partial charge in [-0.25, -0.2) is 22.5 Å². The maximum Gasteiger partial charge on any atom is 0.248 e. The summed E-state index contributed by atoms with van der Waals surface area (Å²) in [6.45, 7) is 12.4. The molecule has 4 aromatic rings. The molecule has 1 aromatic heterocycles. The minimum Gasteiger partial charge on any atom is -0.347 e. The first kappa shape index (κ1) is 41.6. The number of fused-ring (bicyclic) bond motifs is 1. The number of halogens is 4. The van der Waals surface area contributed by atoms with E-state index in [0.29, 0.717) is 6.42 Å². The number of imidazole rings is 1. The minimum absolute atomic E-state index is 0.0467. The molecule has 2 fully saturated rings. The second-order valence-electron chi connectivity index (χ2n) is 19.1. The first-order valence-electron chi connectivity index (χ1n) is 20.8. The second-order valence-corrected chi connectivity index (χ2v) is 19.1. The molecule has 2 atom stereocenters. The number of hydrogen-bond acceptors (Lipinski definition) is 4. The third-order valence-corrected chi connectivity index (χ3v) is 12.6. The summed E-state index contributed by atoms with van der Waals surface area (Å²) >= 11 is 0. The molecule has 1 aliphatic heterocycles. The van der Waals surface area contributed by atoms with Crippen molar-refractivity contribution in [2.75, 3.05) is 0 Å². The fraction of sp³-hybridized carbons (Fsp3) is 0.500. The fourth-order valence-electron chi connectivity index (χ4n) is 8.83. The van der Waals surface area contributed by atoms with E-state index >= 15 is 0 Å². The lowest BCUT2D eigenvalue weighted by molar-refractivity contribution is -0.130. The molecule has 2 N–H and O–H groups in total. The average molecular weight is 797 g/mol. The number of Topliss-reactive ketones (excluding diaryl/α,β-unsaturated/α-hetero) is 1. The summed E-state index contributed by atoms with van der Waals surface area (Å²) in [4.78, 5) is 39.6. The highest BCUT2D eigenvalue weighted by atomic mass is 19.3. The first-order chi connectivity index (χ1) is 27.2. The van der Waals surface area contributed by atoms with E-state index in [-0.39, 0.29) is 98.2 Å². The number of aromatic amines is 1. The van der Waals surface area contributed by atoms with Gasteiger partial charge in [0.1, 0.15) is 11.6 Å². The van der Waals surface area contributed by atoms with Gasteiger partial charge in [-0.1, -0.05) is 96.1 Å². The molecule has 0 saturated heterocycles. The van der Waals surface area contributed by atoms with E-state index in [0.717, 1.165) is 56.3 Å². The lowest BCUT2D eigenvalue weighted by Gasteiger charge is -2.34. The Labute approximate surface area is 339 Å². The van der Waals surface area contributed by atoms with Crippen molar-refractivity contribution >= 4 is 23.1 Å². The number of nitrogens with zero attached hydrogens (tertiary/aromatic N) is 2. The Morgan fingerprint density at radius 3 is 1.76 bits per heavy atom. The van der Waals surface area contributed by atoms with Crippen molar-refractivity contribution in [2.45, 2.75) is 130 Å². The van der Waals surface area contributed by atoms with Crippen LogP contribution < -0.4 is 5.32 Å². The van der Waals surface area contributed by atoms with Crippen LogP contribution in [0.4, 0.5) is 23.2 Å². The zero-order valence-corrected chi connectivity index (χ0v) is 34.5. The molecular formula is C48H56F4N4O2. The van der Waals surface area contributed by atoms with E-state index < -0.39 is 17.8 Å². The summed E-state index contributed by atoms with van der Waals surface area (Å²) < 4.78 is 55.0. The van der Waals surface area contributed by atoms with Gasteiger partial charge in [-0.3, -0.25) is 14.6 Å². The van der Waals surface area contributed by atoms with Gasteiger partial charge in [-0.15, -0.1) is 0 Å². The predicted octanol–water partition coefficient (Wildman–Crippen LogP) is 12.3. The van der Waals surface area contributed by atoms with E-state index in [4.69, 9.17) is 9.98 Å². The topological polar surface area (TPSA) is 87.2 Å². The molecule has 1 amide bonds. The SMILES string of the molecule is CC(C)(C)[C@H](NC(=O)C1CCC(F)(F)CC1)C1=Nc2ccc(-c3ccc(-c4ccc(-c5cnc([C@@H](CC(=O)C6CCC(F)(F)CC6)C(C)(C)C)[nH]5)cc4)cc3)cc2C1. The minimum atomic E-state index is -2.68. The molecule has 2 heterocycles. The van der Waals surface area contributed by atoms with E-state index in [1.165, 1.54) is 0 Å². The van der Waals surface area contributed by atoms with Crippen LogP contribution in [-0.4, -0.2) is 45.3 Å². The number of nitrogens with one attached hydrogen (secondary N) is 2. The van der Waals surface area contributed by atoms with Crippen molar-refractivity contribution in [1.29, 1.82) is 0 Å². The normalized spacial score (nSPS) is 19.6. The molecular weight excluding hydrogens is 741 g/mol. The molecule has 308 valence electrons. The van der Waals surface area contributed by atoms with Crippen LogP contribution in [0.3, 0.4) is 0 Å². The van der Waals surface area contributed by atoms with Gasteiger partial charge >= 0.3 is 0 Å². The van der Waals surface area contributed by atoms with Crippen LogP contribution in [0, 0.1) is 22.7 Å². The summed E-state index contributed by atoms with van der Waals surface area (Å²) in [5, 5.41) is 3.19.